The van der Waals surface area contributed by atoms with E-state index in [9.17, 15) is 17.6 Å². The van der Waals surface area contributed by atoms with Gasteiger partial charge in [0.25, 0.3) is 0 Å². The molecule has 1 aromatic carbocycles. The monoisotopic (exact) mass is 400 g/mol. The summed E-state index contributed by atoms with van der Waals surface area (Å²) in [4.78, 5) is 11.7. The van der Waals surface area contributed by atoms with Crippen LogP contribution in [-0.4, -0.2) is 25.1 Å². The van der Waals surface area contributed by atoms with E-state index in [4.69, 9.17) is 0 Å². The fourth-order valence-electron chi connectivity index (χ4n) is 3.47. The third-order valence-corrected chi connectivity index (χ3v) is 4.74. The Morgan fingerprint density at radius 1 is 1.07 bits per heavy atom. The second kappa shape index (κ2) is 5.90. The second-order valence-electron chi connectivity index (χ2n) is 6.58. The molecule has 146 valence electrons. The lowest BCUT2D eigenvalue weighted by Crippen LogP contribution is -2.07. The Morgan fingerprint density at radius 3 is 2.69 bits per heavy atom. The van der Waals surface area contributed by atoms with Crippen molar-refractivity contribution < 1.29 is 17.6 Å². The minimum atomic E-state index is -4.62. The van der Waals surface area contributed by atoms with Crippen LogP contribution in [0, 0.1) is 12.7 Å². The van der Waals surface area contributed by atoms with Crippen molar-refractivity contribution in [3.63, 3.8) is 0 Å². The molecule has 3 aromatic heterocycles. The molecule has 3 N–H and O–H groups in total. The number of nitrogens with zero attached hydrogens (tertiary/aromatic N) is 3. The van der Waals surface area contributed by atoms with Gasteiger partial charge in [0.15, 0.2) is 5.69 Å². The molecule has 0 spiro atoms. The first-order valence-corrected chi connectivity index (χ1v) is 8.58. The van der Waals surface area contributed by atoms with E-state index in [0.717, 1.165) is 0 Å². The number of aromatic nitrogens is 5. The van der Waals surface area contributed by atoms with Crippen LogP contribution in [0.2, 0.25) is 0 Å². The number of hydrogen-bond acceptors (Lipinski definition) is 4. The van der Waals surface area contributed by atoms with Crippen LogP contribution in [0.25, 0.3) is 33.9 Å². The van der Waals surface area contributed by atoms with Crippen LogP contribution in [0.4, 0.5) is 29.1 Å². The molecule has 10 heteroatoms. The second-order valence-corrected chi connectivity index (χ2v) is 6.58. The Morgan fingerprint density at radius 2 is 1.90 bits per heavy atom. The maximum Gasteiger partial charge on any atom is 0.433 e. The number of H-pyrrole nitrogens is 2. The first-order chi connectivity index (χ1) is 13.8. The number of alkyl halides is 3. The molecular formula is C19H12F4N6. The van der Waals surface area contributed by atoms with Crippen LogP contribution in [0.15, 0.2) is 36.5 Å². The number of aryl methyl sites for hydroxylation is 1. The molecular weight excluding hydrogens is 388 g/mol. The predicted molar refractivity (Wildman–Crippen MR) is 97.8 cm³/mol. The van der Waals surface area contributed by atoms with Crippen molar-refractivity contribution in [1.29, 1.82) is 0 Å². The van der Waals surface area contributed by atoms with Gasteiger partial charge in [-0.2, -0.15) is 18.3 Å². The van der Waals surface area contributed by atoms with E-state index in [0.29, 0.717) is 34.0 Å². The maximum absolute atomic E-state index is 13.8. The van der Waals surface area contributed by atoms with Gasteiger partial charge in [-0.3, -0.25) is 5.10 Å². The molecule has 0 aliphatic carbocycles. The molecule has 0 amide bonds. The molecule has 1 aliphatic rings. The number of imidazole rings is 1. The van der Waals surface area contributed by atoms with Crippen molar-refractivity contribution in [2.45, 2.75) is 13.1 Å². The molecule has 0 atom stereocenters. The lowest BCUT2D eigenvalue weighted by molar-refractivity contribution is -0.140. The van der Waals surface area contributed by atoms with Crippen molar-refractivity contribution in [1.82, 2.24) is 25.1 Å². The Hall–Kier alpha value is -3.69. The Balaban J connectivity index is 1.81. The summed E-state index contributed by atoms with van der Waals surface area (Å²) in [5, 5.41) is 8.82. The highest BCUT2D eigenvalue weighted by Gasteiger charge is 2.38. The van der Waals surface area contributed by atoms with E-state index in [2.05, 4.69) is 25.4 Å². The average Bonchev–Trinajstić information content (AvgIpc) is 3.23. The molecule has 0 bridgehead atoms. The van der Waals surface area contributed by atoms with E-state index in [1.165, 1.54) is 25.1 Å². The van der Waals surface area contributed by atoms with E-state index in [1.54, 1.807) is 18.3 Å². The average molecular weight is 400 g/mol. The summed E-state index contributed by atoms with van der Waals surface area (Å²) in [6.45, 7) is 1.47. The van der Waals surface area contributed by atoms with Crippen LogP contribution >= 0.6 is 0 Å². The third kappa shape index (κ3) is 2.67. The summed E-state index contributed by atoms with van der Waals surface area (Å²) in [7, 11) is 0. The summed E-state index contributed by atoms with van der Waals surface area (Å²) in [6.07, 6.45) is -3.06. The fraction of sp³-hybridized carbons (Fsp3) is 0.105. The topological polar surface area (TPSA) is 82.3 Å². The van der Waals surface area contributed by atoms with Crippen molar-refractivity contribution in [2.24, 2.45) is 0 Å². The van der Waals surface area contributed by atoms with E-state index in [1.807, 2.05) is 5.10 Å². The highest BCUT2D eigenvalue weighted by Crippen LogP contribution is 2.44. The molecule has 29 heavy (non-hydrogen) atoms. The van der Waals surface area contributed by atoms with Crippen LogP contribution in [-0.2, 0) is 6.18 Å². The van der Waals surface area contributed by atoms with Gasteiger partial charge in [-0.25, -0.2) is 14.4 Å². The summed E-state index contributed by atoms with van der Waals surface area (Å²) in [5.74, 6) is -0.00760. The molecule has 4 aromatic rings. The molecule has 0 saturated carbocycles. The zero-order valence-corrected chi connectivity index (χ0v) is 14.8. The summed E-state index contributed by atoms with van der Waals surface area (Å²) >= 11 is 0. The number of rotatable bonds is 1. The first kappa shape index (κ1) is 17.4. The number of nitrogens with one attached hydrogen (secondary N) is 3. The van der Waals surface area contributed by atoms with E-state index < -0.39 is 17.7 Å². The van der Waals surface area contributed by atoms with Crippen molar-refractivity contribution in [2.75, 3.05) is 5.32 Å². The van der Waals surface area contributed by atoms with Crippen molar-refractivity contribution in [3.8, 4) is 33.9 Å². The maximum atomic E-state index is 13.8. The summed E-state index contributed by atoms with van der Waals surface area (Å²) < 4.78 is 54.1. The van der Waals surface area contributed by atoms with Gasteiger partial charge in [-0.1, -0.05) is 0 Å². The highest BCUT2D eigenvalue weighted by molar-refractivity contribution is 5.95. The quantitative estimate of drug-likeness (QED) is 0.344. The van der Waals surface area contributed by atoms with Gasteiger partial charge < -0.3 is 10.3 Å². The van der Waals surface area contributed by atoms with Gasteiger partial charge in [0.2, 0.25) is 0 Å². The number of benzene rings is 1. The zero-order chi connectivity index (χ0) is 20.3. The van der Waals surface area contributed by atoms with Crippen molar-refractivity contribution >= 4 is 11.5 Å². The van der Waals surface area contributed by atoms with Gasteiger partial charge in [0, 0.05) is 17.3 Å². The van der Waals surface area contributed by atoms with Gasteiger partial charge >= 0.3 is 6.18 Å². The largest absolute Gasteiger partial charge is 0.433 e. The minimum Gasteiger partial charge on any atom is -0.339 e. The molecule has 0 unspecified atom stereocenters. The number of halogens is 4. The van der Waals surface area contributed by atoms with Crippen molar-refractivity contribution in [3.05, 3.63) is 53.7 Å². The lowest BCUT2D eigenvalue weighted by atomic mass is 10.1. The van der Waals surface area contributed by atoms with E-state index in [-0.39, 0.29) is 17.1 Å². The summed E-state index contributed by atoms with van der Waals surface area (Å²) in [6, 6.07) is 7.55. The predicted octanol–water partition coefficient (Wildman–Crippen LogP) is 5.05. The molecule has 1 aliphatic heterocycles. The van der Waals surface area contributed by atoms with Gasteiger partial charge in [0.05, 0.1) is 28.3 Å². The normalized spacial score (nSPS) is 12.6. The standard InChI is InChI=1S/C19H12F4N6/c1-8-13(16(29-28-8)19(21,22)23)18-26-14-10-5-4-9(20)7-12(10)25-17-11(15(14)27-18)3-2-6-24-17/h2-7H,1H3,(H,24,25)(H,26,27)(H,28,29). The first-order valence-electron chi connectivity index (χ1n) is 8.58. The number of fused-ring (bicyclic) bond motifs is 5. The third-order valence-electron chi connectivity index (χ3n) is 4.74. The Labute approximate surface area is 161 Å². The molecule has 0 radical (unpaired) electrons. The SMILES string of the molecule is Cc1n[nH]c(C(F)(F)F)c1-c1nc2c([nH]1)-c1cccnc1Nc1cc(F)ccc1-2. The highest BCUT2D eigenvalue weighted by atomic mass is 19.4. The number of aromatic amines is 2. The minimum absolute atomic E-state index is 0.0144. The van der Waals surface area contributed by atoms with Gasteiger partial charge in [-0.05, 0) is 37.3 Å². The zero-order valence-electron chi connectivity index (χ0n) is 14.8. The lowest BCUT2D eigenvalue weighted by Gasteiger charge is -2.09. The van der Waals surface area contributed by atoms with Crippen LogP contribution in [0.1, 0.15) is 11.4 Å². The number of anilines is 2. The van der Waals surface area contributed by atoms with Gasteiger partial charge in [0.1, 0.15) is 17.5 Å². The fourth-order valence-corrected chi connectivity index (χ4v) is 3.47. The van der Waals surface area contributed by atoms with Crippen LogP contribution < -0.4 is 5.32 Å². The van der Waals surface area contributed by atoms with Crippen LogP contribution in [0.3, 0.4) is 0 Å². The smallest absolute Gasteiger partial charge is 0.339 e. The molecule has 6 nitrogen and oxygen atoms in total. The molecule has 0 saturated heterocycles. The number of pyridine rings is 1. The Bertz CT molecular complexity index is 1250. The number of hydrogen-bond donors (Lipinski definition) is 3. The Kier molecular flexibility index (Phi) is 3.54. The van der Waals surface area contributed by atoms with Crippen LogP contribution in [0.5, 0.6) is 0 Å². The molecule has 5 rings (SSSR count). The molecule has 4 heterocycles. The van der Waals surface area contributed by atoms with E-state index >= 15 is 0 Å². The van der Waals surface area contributed by atoms with Gasteiger partial charge in [-0.15, -0.1) is 0 Å². The molecule has 0 fully saturated rings. The summed E-state index contributed by atoms with van der Waals surface area (Å²) in [5.41, 5.74) is 1.45.